The van der Waals surface area contributed by atoms with Crippen LogP contribution in [0.2, 0.25) is 5.02 Å². The third kappa shape index (κ3) is 4.99. The van der Waals surface area contributed by atoms with Gasteiger partial charge in [-0.3, -0.25) is 4.79 Å². The Kier molecular flexibility index (Phi) is 5.46. The van der Waals surface area contributed by atoms with Crippen molar-refractivity contribution in [2.45, 2.75) is 26.4 Å². The molecule has 1 N–H and O–H groups in total. The Hall–Kier alpha value is -2.54. The number of carbonyl (C=O) groups is 2. The topological polar surface area (TPSA) is 90.7 Å². The maximum Gasteiger partial charge on any atom is 0.350 e. The number of benzene rings is 1. The van der Waals surface area contributed by atoms with Crippen LogP contribution in [0.15, 0.2) is 34.9 Å². The predicted octanol–water partition coefficient (Wildman–Crippen LogP) is 2.98. The zero-order valence-electron chi connectivity index (χ0n) is 13.5. The van der Waals surface area contributed by atoms with E-state index >= 15 is 0 Å². The summed E-state index contributed by atoms with van der Waals surface area (Å²) >= 11 is 5.79. The number of esters is 1. The summed E-state index contributed by atoms with van der Waals surface area (Å²) in [4.78, 5) is 23.8. The fourth-order valence-corrected chi connectivity index (χ4v) is 1.87. The van der Waals surface area contributed by atoms with Gasteiger partial charge in [-0.05, 0) is 45.0 Å². The molecular weight excluding hydrogens is 336 g/mol. The van der Waals surface area contributed by atoms with Crippen molar-refractivity contribution < 1.29 is 23.6 Å². The van der Waals surface area contributed by atoms with E-state index in [1.54, 1.807) is 51.1 Å². The van der Waals surface area contributed by atoms with Crippen LogP contribution in [0.3, 0.4) is 0 Å². The molecule has 0 aliphatic heterocycles. The van der Waals surface area contributed by atoms with Gasteiger partial charge in [0.15, 0.2) is 18.0 Å². The Balaban J connectivity index is 1.85. The Labute approximate surface area is 143 Å². The van der Waals surface area contributed by atoms with Gasteiger partial charge in [0.25, 0.3) is 5.91 Å². The van der Waals surface area contributed by atoms with Gasteiger partial charge >= 0.3 is 5.97 Å². The number of aryl methyl sites for hydroxylation is 1. The third-order valence-electron chi connectivity index (χ3n) is 2.91. The van der Waals surface area contributed by atoms with Crippen molar-refractivity contribution in [2.75, 3.05) is 11.9 Å². The molecule has 7 nitrogen and oxygen atoms in total. The Morgan fingerprint density at radius 1 is 1.29 bits per heavy atom. The number of nitrogens with zero attached hydrogens (tertiary/aromatic N) is 1. The average Bonchev–Trinajstić information content (AvgIpc) is 2.92. The lowest BCUT2D eigenvalue weighted by Crippen LogP contribution is -2.41. The van der Waals surface area contributed by atoms with Gasteiger partial charge in [0.05, 0.1) is 0 Å². The number of ether oxygens (including phenoxy) is 2. The lowest BCUT2D eigenvalue weighted by Gasteiger charge is -2.24. The Morgan fingerprint density at radius 2 is 1.96 bits per heavy atom. The van der Waals surface area contributed by atoms with Gasteiger partial charge in [0, 0.05) is 11.1 Å². The van der Waals surface area contributed by atoms with E-state index in [0.717, 1.165) is 0 Å². The monoisotopic (exact) mass is 352 g/mol. The second kappa shape index (κ2) is 7.35. The van der Waals surface area contributed by atoms with E-state index in [1.807, 2.05) is 0 Å². The number of amides is 1. The number of hydrogen-bond acceptors (Lipinski definition) is 6. The van der Waals surface area contributed by atoms with Crippen LogP contribution in [0.4, 0.5) is 5.82 Å². The quantitative estimate of drug-likeness (QED) is 0.804. The highest BCUT2D eigenvalue weighted by molar-refractivity contribution is 6.30. The van der Waals surface area contributed by atoms with E-state index in [2.05, 4.69) is 10.5 Å². The zero-order chi connectivity index (χ0) is 17.7. The van der Waals surface area contributed by atoms with Crippen molar-refractivity contribution in [2.24, 2.45) is 0 Å². The van der Waals surface area contributed by atoms with Gasteiger partial charge in [-0.1, -0.05) is 16.8 Å². The Morgan fingerprint density at radius 3 is 2.54 bits per heavy atom. The first kappa shape index (κ1) is 17.8. The molecule has 0 spiro atoms. The lowest BCUT2D eigenvalue weighted by molar-refractivity contribution is -0.161. The molecule has 0 fully saturated rings. The second-order valence-corrected chi connectivity index (χ2v) is 5.95. The molecule has 0 radical (unpaired) electrons. The van der Waals surface area contributed by atoms with E-state index in [0.29, 0.717) is 16.5 Å². The average molecular weight is 353 g/mol. The van der Waals surface area contributed by atoms with Crippen molar-refractivity contribution in [3.05, 3.63) is 41.1 Å². The van der Waals surface area contributed by atoms with Gasteiger partial charge < -0.3 is 19.3 Å². The highest BCUT2D eigenvalue weighted by atomic mass is 35.5. The summed E-state index contributed by atoms with van der Waals surface area (Å²) in [6.45, 7) is 4.32. The molecule has 0 unspecified atom stereocenters. The fraction of sp³-hybridized carbons (Fsp3) is 0.312. The maximum absolute atomic E-state index is 12.1. The summed E-state index contributed by atoms with van der Waals surface area (Å²) in [5.74, 6) is 0.0665. The van der Waals surface area contributed by atoms with Gasteiger partial charge in [0.1, 0.15) is 11.5 Å². The van der Waals surface area contributed by atoms with Crippen molar-refractivity contribution in [1.82, 2.24) is 5.16 Å². The molecule has 0 atom stereocenters. The normalized spacial score (nSPS) is 11.0. The van der Waals surface area contributed by atoms with Crippen LogP contribution in [0.5, 0.6) is 5.75 Å². The highest BCUT2D eigenvalue weighted by Crippen LogP contribution is 2.21. The molecule has 128 valence electrons. The first-order valence-electron chi connectivity index (χ1n) is 7.11. The fourth-order valence-electron chi connectivity index (χ4n) is 1.75. The molecule has 1 aromatic carbocycles. The van der Waals surface area contributed by atoms with Gasteiger partial charge in [-0.15, -0.1) is 0 Å². The number of anilines is 1. The molecule has 0 aliphatic rings. The minimum atomic E-state index is -1.27. The molecule has 1 heterocycles. The second-order valence-electron chi connectivity index (χ2n) is 5.51. The first-order chi connectivity index (χ1) is 11.3. The number of nitrogens with one attached hydrogen (secondary N) is 1. The van der Waals surface area contributed by atoms with Gasteiger partial charge in [-0.25, -0.2) is 4.79 Å². The zero-order valence-corrected chi connectivity index (χ0v) is 14.2. The first-order valence-corrected chi connectivity index (χ1v) is 7.49. The molecule has 0 bridgehead atoms. The van der Waals surface area contributed by atoms with Crippen LogP contribution in [0.1, 0.15) is 19.6 Å². The number of hydrogen-bond donors (Lipinski definition) is 1. The minimum Gasteiger partial charge on any atom is -0.476 e. The van der Waals surface area contributed by atoms with E-state index < -0.39 is 24.1 Å². The van der Waals surface area contributed by atoms with Crippen LogP contribution in [0.25, 0.3) is 0 Å². The van der Waals surface area contributed by atoms with E-state index in [4.69, 9.17) is 25.6 Å². The molecule has 2 aromatic rings. The SMILES string of the molecule is Cc1cc(NC(=O)COC(=O)C(C)(C)Oc2ccc(Cl)cc2)no1. The number of halogens is 1. The van der Waals surface area contributed by atoms with Gasteiger partial charge in [0.2, 0.25) is 0 Å². The highest BCUT2D eigenvalue weighted by Gasteiger charge is 2.32. The summed E-state index contributed by atoms with van der Waals surface area (Å²) in [6, 6.07) is 8.11. The molecule has 1 amide bonds. The van der Waals surface area contributed by atoms with Crippen LogP contribution in [0, 0.1) is 6.92 Å². The molecule has 0 saturated carbocycles. The summed E-state index contributed by atoms with van der Waals surface area (Å²) in [5.41, 5.74) is -1.27. The smallest absolute Gasteiger partial charge is 0.350 e. The molecule has 1 aromatic heterocycles. The molecule has 8 heteroatoms. The predicted molar refractivity (Wildman–Crippen MR) is 87.0 cm³/mol. The lowest BCUT2D eigenvalue weighted by atomic mass is 10.1. The minimum absolute atomic E-state index is 0.255. The number of aromatic nitrogens is 1. The standard InChI is InChI=1S/C16H17ClN2O5/c1-10-8-13(19-24-10)18-14(20)9-22-15(21)16(2,3)23-12-6-4-11(17)5-7-12/h4-8H,9H2,1-3H3,(H,18,19,20). The summed E-state index contributed by atoms with van der Waals surface area (Å²) < 4.78 is 15.4. The van der Waals surface area contributed by atoms with E-state index in [9.17, 15) is 9.59 Å². The summed E-state index contributed by atoms with van der Waals surface area (Å²) in [6.07, 6.45) is 0. The van der Waals surface area contributed by atoms with Crippen LogP contribution < -0.4 is 10.1 Å². The number of rotatable bonds is 6. The largest absolute Gasteiger partial charge is 0.476 e. The number of carbonyl (C=O) groups excluding carboxylic acids is 2. The van der Waals surface area contributed by atoms with E-state index in [-0.39, 0.29) is 5.82 Å². The van der Waals surface area contributed by atoms with Crippen molar-refractivity contribution in [3.63, 3.8) is 0 Å². The molecular formula is C16H17ClN2O5. The van der Waals surface area contributed by atoms with Crippen LogP contribution >= 0.6 is 11.6 Å². The summed E-state index contributed by atoms with van der Waals surface area (Å²) in [7, 11) is 0. The molecule has 24 heavy (non-hydrogen) atoms. The van der Waals surface area contributed by atoms with E-state index in [1.165, 1.54) is 0 Å². The third-order valence-corrected chi connectivity index (χ3v) is 3.16. The van der Waals surface area contributed by atoms with Crippen molar-refractivity contribution in [3.8, 4) is 5.75 Å². The molecule has 2 rings (SSSR count). The summed E-state index contributed by atoms with van der Waals surface area (Å²) in [5, 5.41) is 6.62. The van der Waals surface area contributed by atoms with Crippen molar-refractivity contribution >= 4 is 29.3 Å². The van der Waals surface area contributed by atoms with Crippen molar-refractivity contribution in [1.29, 1.82) is 0 Å². The van der Waals surface area contributed by atoms with Crippen LogP contribution in [-0.2, 0) is 14.3 Å². The van der Waals surface area contributed by atoms with Gasteiger partial charge in [-0.2, -0.15) is 0 Å². The molecule has 0 aliphatic carbocycles. The maximum atomic E-state index is 12.1. The Bertz CT molecular complexity index is 724. The molecule has 0 saturated heterocycles. The van der Waals surface area contributed by atoms with Crippen LogP contribution in [-0.4, -0.2) is 29.2 Å².